The molecule has 0 aromatic heterocycles. The van der Waals surface area contributed by atoms with Gasteiger partial charge in [0.2, 0.25) is 0 Å². The predicted molar refractivity (Wildman–Crippen MR) is 427 cm³/mol. The van der Waals surface area contributed by atoms with Crippen LogP contribution in [0.25, 0.3) is 0 Å². The molecule has 2 unspecified atom stereocenters. The largest absolute Gasteiger partial charge is 0.472 e. The van der Waals surface area contributed by atoms with Gasteiger partial charge in [-0.2, -0.15) is 0 Å². The molecule has 0 aliphatic carbocycles. The maximum atomic E-state index is 13.1. The van der Waals surface area contributed by atoms with E-state index in [0.29, 0.717) is 32.1 Å². The molecule has 19 heteroatoms. The van der Waals surface area contributed by atoms with Crippen molar-refractivity contribution < 1.29 is 80.2 Å². The van der Waals surface area contributed by atoms with E-state index in [9.17, 15) is 43.2 Å². The lowest BCUT2D eigenvalue weighted by atomic mass is 10.0. The number of carbonyl (C=O) groups is 4. The SMILES string of the molecule is CC/C=C\C/C=C\C/C=C\C/C=C\C/C=C\C/C=C\CCC(=O)OC[C@H](COP(=O)(O)OC[C@@H](O)COP(=O)(O)OC[C@@H](COC(=O)CCCCCCCCCCCCCCCCC)OC(=O)CCCCCCCCC/C=C\CCCCCC)OC(=O)CCCCCCCCCCCCCCCCC. The smallest absolute Gasteiger partial charge is 0.462 e. The van der Waals surface area contributed by atoms with Crippen LogP contribution in [0.15, 0.2) is 85.1 Å². The number of phosphoric acid groups is 2. The fourth-order valence-corrected chi connectivity index (χ4v) is 13.1. The standard InChI is InChI=1S/C85H152O17P2/c1-5-9-13-17-21-25-29-33-37-38-39-40-44-46-50-54-58-62-66-70-83(88)96-76-81(102-85(90)72-68-64-60-56-52-48-43-36-32-28-24-20-16-12-8-4)78-100-104(93,94)98-74-79(86)73-97-103(91,92)99-77-80(101-84(89)71-67-63-59-55-51-47-42-35-31-27-23-19-15-11-7-3)75-95-82(87)69-65-61-57-53-49-45-41-34-30-26-22-18-14-10-6-2/h9,13,21,25,27,31,33,37,39-40,46,50,58,62,79-81,86H,5-8,10-12,14-20,22-24,26,28-30,32,34-36,38,41-45,47-49,51-57,59-61,63-78H2,1-4H3,(H,91,92)(H,93,94)/b13-9-,25-21-,31-27-,37-33-,40-39-,50-46-,62-58-/t79-,80+,81+/m0/s1. The topological polar surface area (TPSA) is 237 Å². The Labute approximate surface area is 634 Å². The van der Waals surface area contributed by atoms with Crippen LogP contribution in [0.5, 0.6) is 0 Å². The third-order valence-corrected chi connectivity index (χ3v) is 19.8. The Hall–Kier alpha value is -3.76. The molecule has 3 N–H and O–H groups in total. The van der Waals surface area contributed by atoms with E-state index in [-0.39, 0.29) is 25.7 Å². The van der Waals surface area contributed by atoms with Crippen molar-refractivity contribution in [3.63, 3.8) is 0 Å². The van der Waals surface area contributed by atoms with Gasteiger partial charge in [0.15, 0.2) is 12.2 Å². The number of unbranched alkanes of at least 4 members (excludes halogenated alkanes) is 39. The number of carbonyl (C=O) groups excluding carboxylic acids is 4. The molecule has 0 aliphatic rings. The van der Waals surface area contributed by atoms with Crippen molar-refractivity contribution in [1.29, 1.82) is 0 Å². The van der Waals surface area contributed by atoms with E-state index in [1.807, 2.05) is 12.2 Å². The van der Waals surface area contributed by atoms with Crippen LogP contribution in [0.4, 0.5) is 0 Å². The summed E-state index contributed by atoms with van der Waals surface area (Å²) in [5, 5.41) is 10.7. The van der Waals surface area contributed by atoms with Gasteiger partial charge in [0, 0.05) is 25.7 Å². The Morgan fingerprint density at radius 2 is 0.519 bits per heavy atom. The lowest BCUT2D eigenvalue weighted by Gasteiger charge is -2.21. The molecule has 0 aromatic carbocycles. The minimum atomic E-state index is -4.99. The first-order chi connectivity index (χ1) is 50.7. The van der Waals surface area contributed by atoms with Crippen molar-refractivity contribution >= 4 is 39.5 Å². The Balaban J connectivity index is 5.39. The molecule has 604 valence electrons. The zero-order valence-electron chi connectivity index (χ0n) is 66.2. The molecular formula is C85H152O17P2. The highest BCUT2D eigenvalue weighted by Gasteiger charge is 2.30. The van der Waals surface area contributed by atoms with Crippen molar-refractivity contribution in [2.24, 2.45) is 0 Å². The van der Waals surface area contributed by atoms with Gasteiger partial charge in [0.05, 0.1) is 26.4 Å². The Morgan fingerprint density at radius 1 is 0.279 bits per heavy atom. The molecule has 5 atom stereocenters. The molecule has 0 aliphatic heterocycles. The summed E-state index contributed by atoms with van der Waals surface area (Å²) in [5.41, 5.74) is 0. The van der Waals surface area contributed by atoms with Gasteiger partial charge in [-0.3, -0.25) is 37.3 Å². The number of ether oxygens (including phenoxy) is 4. The number of hydrogen-bond acceptors (Lipinski definition) is 15. The maximum Gasteiger partial charge on any atom is 0.472 e. The Bertz CT molecular complexity index is 2300. The summed E-state index contributed by atoms with van der Waals surface area (Å²) < 4.78 is 68.7. The molecule has 0 heterocycles. The summed E-state index contributed by atoms with van der Waals surface area (Å²) in [7, 11) is -9.97. The fraction of sp³-hybridized carbons (Fsp3) is 0.788. The van der Waals surface area contributed by atoms with E-state index in [2.05, 4.69) is 101 Å². The van der Waals surface area contributed by atoms with Gasteiger partial charge >= 0.3 is 39.5 Å². The zero-order chi connectivity index (χ0) is 76.0. The average molecular weight is 1510 g/mol. The summed E-state index contributed by atoms with van der Waals surface area (Å²) in [5.74, 6) is -2.24. The van der Waals surface area contributed by atoms with Gasteiger partial charge in [0.25, 0.3) is 0 Å². The number of rotatable bonds is 79. The second kappa shape index (κ2) is 77.4. The highest BCUT2D eigenvalue weighted by atomic mass is 31.2. The summed E-state index contributed by atoms with van der Waals surface area (Å²) in [4.78, 5) is 73.1. The highest BCUT2D eigenvalue weighted by Crippen LogP contribution is 2.45. The Kier molecular flexibility index (Phi) is 74.6. The van der Waals surface area contributed by atoms with Crippen molar-refractivity contribution in [3.8, 4) is 0 Å². The molecule has 0 saturated carbocycles. The Morgan fingerprint density at radius 3 is 0.837 bits per heavy atom. The van der Waals surface area contributed by atoms with Gasteiger partial charge < -0.3 is 33.8 Å². The first-order valence-electron chi connectivity index (χ1n) is 41.8. The fourth-order valence-electron chi connectivity index (χ4n) is 11.5. The van der Waals surface area contributed by atoms with Crippen molar-refractivity contribution in [2.45, 2.75) is 393 Å². The molecule has 0 bridgehead atoms. The van der Waals surface area contributed by atoms with E-state index >= 15 is 0 Å². The lowest BCUT2D eigenvalue weighted by molar-refractivity contribution is -0.161. The predicted octanol–water partition coefficient (Wildman–Crippen LogP) is 24.6. The quantitative estimate of drug-likeness (QED) is 0.0169. The number of esters is 4. The van der Waals surface area contributed by atoms with Crippen LogP contribution in [0, 0.1) is 0 Å². The van der Waals surface area contributed by atoms with E-state index < -0.39 is 97.5 Å². The number of allylic oxidation sites excluding steroid dienone is 14. The molecule has 0 aromatic rings. The second-order valence-corrected chi connectivity index (χ2v) is 31.0. The van der Waals surface area contributed by atoms with Crippen molar-refractivity contribution in [2.75, 3.05) is 39.6 Å². The summed E-state index contributed by atoms with van der Waals surface area (Å²) in [6.45, 7) is 4.75. The molecule has 0 amide bonds. The minimum Gasteiger partial charge on any atom is -0.462 e. The van der Waals surface area contributed by atoms with Gasteiger partial charge in [-0.15, -0.1) is 0 Å². The van der Waals surface area contributed by atoms with Gasteiger partial charge in [-0.25, -0.2) is 9.13 Å². The molecular weight excluding hydrogens is 1350 g/mol. The van der Waals surface area contributed by atoms with Crippen molar-refractivity contribution in [1.82, 2.24) is 0 Å². The molecule has 104 heavy (non-hydrogen) atoms. The first-order valence-corrected chi connectivity index (χ1v) is 44.8. The van der Waals surface area contributed by atoms with Crippen molar-refractivity contribution in [3.05, 3.63) is 85.1 Å². The number of phosphoric ester groups is 2. The van der Waals surface area contributed by atoms with Crippen LogP contribution in [-0.2, 0) is 65.4 Å². The van der Waals surface area contributed by atoms with Gasteiger partial charge in [-0.05, 0) is 89.9 Å². The second-order valence-electron chi connectivity index (χ2n) is 28.1. The maximum absolute atomic E-state index is 13.1. The first kappa shape index (κ1) is 100. The van der Waals surface area contributed by atoms with E-state index in [1.54, 1.807) is 0 Å². The monoisotopic (exact) mass is 1510 g/mol. The number of hydrogen-bond donors (Lipinski definition) is 3. The minimum absolute atomic E-state index is 0.0394. The van der Waals surface area contributed by atoms with E-state index in [0.717, 1.165) is 128 Å². The lowest BCUT2D eigenvalue weighted by Crippen LogP contribution is -2.30. The molecule has 0 spiro atoms. The molecule has 17 nitrogen and oxygen atoms in total. The zero-order valence-corrected chi connectivity index (χ0v) is 68.0. The summed E-state index contributed by atoms with van der Waals surface area (Å²) in [6, 6.07) is 0. The highest BCUT2D eigenvalue weighted by molar-refractivity contribution is 7.47. The summed E-state index contributed by atoms with van der Waals surface area (Å²) in [6.07, 6.45) is 81.3. The van der Waals surface area contributed by atoms with E-state index in [1.165, 1.54) is 161 Å². The molecule has 0 rings (SSSR count). The normalized spacial score (nSPS) is 14.3. The van der Waals surface area contributed by atoms with Crippen LogP contribution >= 0.6 is 15.6 Å². The summed E-state index contributed by atoms with van der Waals surface area (Å²) >= 11 is 0. The number of aliphatic hydroxyl groups excluding tert-OH is 1. The van der Waals surface area contributed by atoms with Gasteiger partial charge in [-0.1, -0.05) is 344 Å². The number of aliphatic hydroxyl groups is 1. The van der Waals surface area contributed by atoms with Crippen LogP contribution < -0.4 is 0 Å². The molecule has 0 saturated heterocycles. The third kappa shape index (κ3) is 76.4. The van der Waals surface area contributed by atoms with Crippen LogP contribution in [-0.4, -0.2) is 96.7 Å². The molecule has 0 radical (unpaired) electrons. The van der Waals surface area contributed by atoms with E-state index in [4.69, 9.17) is 37.0 Å². The van der Waals surface area contributed by atoms with Crippen LogP contribution in [0.1, 0.15) is 374 Å². The van der Waals surface area contributed by atoms with Crippen LogP contribution in [0.3, 0.4) is 0 Å². The average Bonchev–Trinajstić information content (AvgIpc) is 0.918. The van der Waals surface area contributed by atoms with Gasteiger partial charge in [0.1, 0.15) is 19.3 Å². The molecule has 0 fully saturated rings. The van der Waals surface area contributed by atoms with Crippen LogP contribution in [0.2, 0.25) is 0 Å². The third-order valence-electron chi connectivity index (χ3n) is 17.9.